The number of ether oxygens (including phenoxy) is 1. The number of H-pyrrole nitrogens is 1. The standard InChI is InChI=1S/C27H30N8O5/c1-33(2)8-9-35(18-12-29-30-13-18)25-7-6-23-21(31-25)11-24(40-23)22(32-27(38)28-16-36)15-34-14-17-4-5-19(39-3)10-20(17)26(34)37/h4-7,10-13,16,22H,8-9,14-15H2,1-3H3,(H,29,30)(H2,28,32,36,38)/t22-/m0/s1. The molecule has 0 bridgehead atoms. The lowest BCUT2D eigenvalue weighted by atomic mass is 10.1. The van der Waals surface area contributed by atoms with Crippen LogP contribution in [0.2, 0.25) is 0 Å². The molecule has 1 atom stereocenters. The van der Waals surface area contributed by atoms with Crippen molar-refractivity contribution in [1.29, 1.82) is 0 Å². The maximum absolute atomic E-state index is 13.2. The van der Waals surface area contributed by atoms with Crippen LogP contribution in [0.3, 0.4) is 0 Å². The molecule has 0 unspecified atom stereocenters. The molecule has 0 spiro atoms. The molecule has 0 saturated carbocycles. The number of furan rings is 1. The van der Waals surface area contributed by atoms with E-state index >= 15 is 0 Å². The van der Waals surface area contributed by atoms with Gasteiger partial charge in [0.15, 0.2) is 5.58 Å². The predicted molar refractivity (Wildman–Crippen MR) is 146 cm³/mol. The number of anilines is 2. The third kappa shape index (κ3) is 5.59. The van der Waals surface area contributed by atoms with Crippen LogP contribution in [0.5, 0.6) is 5.75 Å². The molecular weight excluding hydrogens is 516 g/mol. The number of aromatic amines is 1. The van der Waals surface area contributed by atoms with Crippen LogP contribution in [0.15, 0.2) is 53.2 Å². The Morgan fingerprint density at radius 2 is 2.10 bits per heavy atom. The molecule has 0 aliphatic carbocycles. The van der Waals surface area contributed by atoms with Crippen molar-refractivity contribution < 1.29 is 23.5 Å². The maximum Gasteiger partial charge on any atom is 0.321 e. The lowest BCUT2D eigenvalue weighted by Gasteiger charge is -2.23. The Labute approximate surface area is 230 Å². The third-order valence-electron chi connectivity index (χ3n) is 6.66. The second-order valence-corrected chi connectivity index (χ2v) is 9.61. The van der Waals surface area contributed by atoms with Crippen LogP contribution in [-0.2, 0) is 11.3 Å². The SMILES string of the molecule is COc1ccc2c(c1)C(=O)N(C[C@H](NC(=O)NC=O)c1cc3nc(N(CCN(C)C)c4cn[nH]c4)ccc3o1)C2. The summed E-state index contributed by atoms with van der Waals surface area (Å²) in [6, 6.07) is 9.29. The summed E-state index contributed by atoms with van der Waals surface area (Å²) in [5, 5.41) is 11.7. The Kier molecular flexibility index (Phi) is 7.64. The Bertz CT molecular complexity index is 1520. The lowest BCUT2D eigenvalue weighted by molar-refractivity contribution is -0.108. The van der Waals surface area contributed by atoms with Gasteiger partial charge in [-0.2, -0.15) is 5.10 Å². The molecule has 13 heteroatoms. The molecule has 40 heavy (non-hydrogen) atoms. The van der Waals surface area contributed by atoms with E-state index < -0.39 is 12.1 Å². The number of amides is 4. The summed E-state index contributed by atoms with van der Waals surface area (Å²) in [5.41, 5.74) is 3.36. The first-order valence-corrected chi connectivity index (χ1v) is 12.6. The molecule has 0 radical (unpaired) electrons. The molecule has 3 aromatic heterocycles. The number of nitrogens with zero attached hydrogens (tertiary/aromatic N) is 5. The summed E-state index contributed by atoms with van der Waals surface area (Å²) in [6.07, 6.45) is 3.82. The molecule has 1 aliphatic heterocycles. The Hall–Kier alpha value is -4.91. The van der Waals surface area contributed by atoms with Gasteiger partial charge in [0, 0.05) is 44.0 Å². The normalized spacial score (nSPS) is 13.4. The van der Waals surface area contributed by atoms with Crippen molar-refractivity contribution in [2.75, 3.05) is 45.7 Å². The summed E-state index contributed by atoms with van der Waals surface area (Å²) >= 11 is 0. The van der Waals surface area contributed by atoms with Crippen molar-refractivity contribution in [3.05, 3.63) is 65.7 Å². The van der Waals surface area contributed by atoms with Gasteiger partial charge >= 0.3 is 6.03 Å². The first kappa shape index (κ1) is 26.7. The van der Waals surface area contributed by atoms with E-state index in [-0.39, 0.29) is 12.5 Å². The van der Waals surface area contributed by atoms with Crippen molar-refractivity contribution in [2.24, 2.45) is 0 Å². The van der Waals surface area contributed by atoms with Crippen LogP contribution in [-0.4, -0.2) is 84.2 Å². The number of urea groups is 1. The highest BCUT2D eigenvalue weighted by Crippen LogP contribution is 2.31. The fourth-order valence-corrected chi connectivity index (χ4v) is 4.62. The van der Waals surface area contributed by atoms with Gasteiger partial charge in [0.25, 0.3) is 5.91 Å². The van der Waals surface area contributed by atoms with Gasteiger partial charge in [-0.25, -0.2) is 9.78 Å². The highest BCUT2D eigenvalue weighted by atomic mass is 16.5. The van der Waals surface area contributed by atoms with Crippen molar-refractivity contribution in [3.8, 4) is 5.75 Å². The van der Waals surface area contributed by atoms with Gasteiger partial charge in [-0.15, -0.1) is 0 Å². The van der Waals surface area contributed by atoms with Crippen molar-refractivity contribution in [3.63, 3.8) is 0 Å². The molecule has 0 saturated heterocycles. The van der Waals surface area contributed by atoms with Gasteiger partial charge in [-0.3, -0.25) is 20.0 Å². The number of hydrogen-bond acceptors (Lipinski definition) is 9. The summed E-state index contributed by atoms with van der Waals surface area (Å²) in [6.45, 7) is 1.93. The van der Waals surface area contributed by atoms with Crippen LogP contribution in [0.1, 0.15) is 27.7 Å². The van der Waals surface area contributed by atoms with Crippen LogP contribution in [0, 0.1) is 0 Å². The van der Waals surface area contributed by atoms with Gasteiger partial charge < -0.3 is 29.2 Å². The van der Waals surface area contributed by atoms with Crippen molar-refractivity contribution >= 4 is 41.0 Å². The van der Waals surface area contributed by atoms with Gasteiger partial charge in [-0.05, 0) is 43.9 Å². The fraction of sp³-hybridized carbons (Fsp3) is 0.296. The first-order valence-electron chi connectivity index (χ1n) is 12.6. The number of aromatic nitrogens is 3. The maximum atomic E-state index is 13.2. The highest BCUT2D eigenvalue weighted by molar-refractivity contribution is 5.98. The van der Waals surface area contributed by atoms with E-state index in [1.54, 1.807) is 42.6 Å². The molecular formula is C27H30N8O5. The minimum atomic E-state index is -0.753. The number of carbonyl (C=O) groups is 3. The third-order valence-corrected chi connectivity index (χ3v) is 6.66. The summed E-state index contributed by atoms with van der Waals surface area (Å²) in [5.74, 6) is 1.49. The smallest absolute Gasteiger partial charge is 0.321 e. The Morgan fingerprint density at radius 1 is 1.25 bits per heavy atom. The molecule has 4 amide bonds. The quantitative estimate of drug-likeness (QED) is 0.241. The number of fused-ring (bicyclic) bond motifs is 2. The van der Waals surface area contributed by atoms with E-state index in [2.05, 4.69) is 25.7 Å². The van der Waals surface area contributed by atoms with Gasteiger partial charge in [0.1, 0.15) is 28.9 Å². The van der Waals surface area contributed by atoms with E-state index in [0.717, 1.165) is 17.8 Å². The number of carbonyl (C=O) groups excluding carboxylic acids is 3. The number of methoxy groups -OCH3 is 1. The zero-order chi connectivity index (χ0) is 28.2. The average molecular weight is 547 g/mol. The van der Waals surface area contributed by atoms with Gasteiger partial charge in [-0.1, -0.05) is 6.07 Å². The number of likely N-dealkylation sites (N-methyl/N-ethyl adjacent to an activating group) is 1. The topological polar surface area (TPSA) is 149 Å². The Balaban J connectivity index is 1.43. The molecule has 0 fully saturated rings. The Morgan fingerprint density at radius 3 is 2.83 bits per heavy atom. The van der Waals surface area contributed by atoms with E-state index in [4.69, 9.17) is 14.1 Å². The van der Waals surface area contributed by atoms with Crippen molar-refractivity contribution in [2.45, 2.75) is 12.6 Å². The first-order chi connectivity index (χ1) is 19.4. The number of benzene rings is 1. The number of rotatable bonds is 11. The molecule has 208 valence electrons. The number of nitrogens with one attached hydrogen (secondary N) is 3. The summed E-state index contributed by atoms with van der Waals surface area (Å²) < 4.78 is 11.4. The molecule has 1 aliphatic rings. The average Bonchev–Trinajstić information content (AvgIpc) is 3.68. The number of pyridine rings is 1. The molecule has 1 aromatic carbocycles. The van der Waals surface area contributed by atoms with Crippen LogP contribution >= 0.6 is 0 Å². The van der Waals surface area contributed by atoms with Crippen molar-refractivity contribution in [1.82, 2.24) is 35.6 Å². The fourth-order valence-electron chi connectivity index (χ4n) is 4.62. The number of imide groups is 1. The molecule has 3 N–H and O–H groups in total. The zero-order valence-electron chi connectivity index (χ0n) is 22.4. The van der Waals surface area contributed by atoms with E-state index in [9.17, 15) is 14.4 Å². The molecule has 13 nitrogen and oxygen atoms in total. The van der Waals surface area contributed by atoms with Gasteiger partial charge in [0.05, 0.1) is 19.0 Å². The second-order valence-electron chi connectivity index (χ2n) is 9.61. The molecule has 4 heterocycles. The predicted octanol–water partition coefficient (Wildman–Crippen LogP) is 2.41. The minimum absolute atomic E-state index is 0.110. The molecule has 5 rings (SSSR count). The molecule has 4 aromatic rings. The van der Waals surface area contributed by atoms with Crippen LogP contribution in [0.4, 0.5) is 16.3 Å². The second kappa shape index (κ2) is 11.5. The largest absolute Gasteiger partial charge is 0.497 e. The summed E-state index contributed by atoms with van der Waals surface area (Å²) in [7, 11) is 5.54. The zero-order valence-corrected chi connectivity index (χ0v) is 22.4. The number of hydrogen-bond donors (Lipinski definition) is 3. The van der Waals surface area contributed by atoms with E-state index in [1.807, 2.05) is 37.2 Å². The van der Waals surface area contributed by atoms with E-state index in [1.165, 1.54) is 0 Å². The van der Waals surface area contributed by atoms with Crippen LogP contribution in [0.25, 0.3) is 11.1 Å². The van der Waals surface area contributed by atoms with Gasteiger partial charge in [0.2, 0.25) is 6.41 Å². The van der Waals surface area contributed by atoms with E-state index in [0.29, 0.717) is 53.5 Å². The monoisotopic (exact) mass is 546 g/mol. The highest BCUT2D eigenvalue weighted by Gasteiger charge is 2.32. The lowest BCUT2D eigenvalue weighted by Crippen LogP contribution is -2.42. The van der Waals surface area contributed by atoms with Crippen LogP contribution < -0.4 is 20.3 Å². The summed E-state index contributed by atoms with van der Waals surface area (Å²) in [4.78, 5) is 47.0. The minimum Gasteiger partial charge on any atom is -0.497 e.